The van der Waals surface area contributed by atoms with E-state index in [9.17, 15) is 15.0 Å². The number of carboxylic acid groups (broad SMARTS) is 1. The first-order valence-electron chi connectivity index (χ1n) is 6.87. The Morgan fingerprint density at radius 1 is 0.864 bits per heavy atom. The van der Waals surface area contributed by atoms with Gasteiger partial charge in [0.05, 0.1) is 11.4 Å². The van der Waals surface area contributed by atoms with Crippen molar-refractivity contribution in [1.82, 2.24) is 0 Å². The monoisotopic (exact) mass is 293 g/mol. The van der Waals surface area contributed by atoms with Crippen molar-refractivity contribution < 1.29 is 15.0 Å². The Balaban J connectivity index is 2.10. The highest BCUT2D eigenvalue weighted by atomic mass is 16.4. The maximum absolute atomic E-state index is 11.7. The molecule has 0 aliphatic carbocycles. The van der Waals surface area contributed by atoms with Crippen LogP contribution in [0, 0.1) is 6.92 Å². The second-order valence-corrected chi connectivity index (χ2v) is 5.17. The van der Waals surface area contributed by atoms with Crippen LogP contribution in [0.3, 0.4) is 0 Å². The zero-order chi connectivity index (χ0) is 15.7. The Morgan fingerprint density at radius 3 is 2.14 bits per heavy atom. The number of amides is 1. The van der Waals surface area contributed by atoms with E-state index in [2.05, 4.69) is 0 Å². The van der Waals surface area contributed by atoms with Gasteiger partial charge in [0, 0.05) is 0 Å². The highest BCUT2D eigenvalue weighted by Gasteiger charge is 2.17. The molecule has 0 radical (unpaired) electrons. The van der Waals surface area contributed by atoms with Gasteiger partial charge in [0.25, 0.3) is 0 Å². The molecule has 0 aliphatic heterocycles. The van der Waals surface area contributed by atoms with E-state index in [4.69, 9.17) is 0 Å². The number of phenolic OH excluding ortho intramolecular Hbond substituents is 1. The van der Waals surface area contributed by atoms with E-state index in [1.54, 1.807) is 48.5 Å². The minimum atomic E-state index is -1.04. The summed E-state index contributed by atoms with van der Waals surface area (Å²) in [6.45, 7) is 1.96. The first-order valence-corrected chi connectivity index (χ1v) is 6.87. The molecule has 3 rings (SSSR count). The van der Waals surface area contributed by atoms with E-state index in [1.165, 1.54) is 4.90 Å². The third kappa shape index (κ3) is 2.59. The SMILES string of the molecule is Cc1ccc(N(C(=O)O)c2ccc3cc(O)ccc3c2)cc1. The second-order valence-electron chi connectivity index (χ2n) is 5.17. The number of anilines is 2. The molecule has 0 fully saturated rings. The molecule has 0 aromatic heterocycles. The molecule has 3 aromatic carbocycles. The number of carbonyl (C=O) groups is 1. The Labute approximate surface area is 127 Å². The normalized spacial score (nSPS) is 10.6. The van der Waals surface area contributed by atoms with Gasteiger partial charge >= 0.3 is 6.09 Å². The van der Waals surface area contributed by atoms with Gasteiger partial charge in [0.1, 0.15) is 5.75 Å². The van der Waals surface area contributed by atoms with Crippen LogP contribution in [0.15, 0.2) is 60.7 Å². The number of rotatable bonds is 2. The molecule has 4 nitrogen and oxygen atoms in total. The topological polar surface area (TPSA) is 60.8 Å². The summed E-state index contributed by atoms with van der Waals surface area (Å²) in [7, 11) is 0. The molecule has 0 spiro atoms. The Bertz CT molecular complexity index is 841. The van der Waals surface area contributed by atoms with Gasteiger partial charge in [0.2, 0.25) is 0 Å². The molecule has 0 unspecified atom stereocenters. The van der Waals surface area contributed by atoms with Crippen molar-refractivity contribution in [3.63, 3.8) is 0 Å². The molecule has 0 aliphatic rings. The summed E-state index contributed by atoms with van der Waals surface area (Å²) >= 11 is 0. The summed E-state index contributed by atoms with van der Waals surface area (Å²) in [6, 6.07) is 17.7. The number of hydrogen-bond donors (Lipinski definition) is 2. The number of phenols is 1. The van der Waals surface area contributed by atoms with Crippen molar-refractivity contribution >= 4 is 28.2 Å². The smallest absolute Gasteiger partial charge is 0.416 e. The maximum Gasteiger partial charge on any atom is 0.416 e. The van der Waals surface area contributed by atoms with Crippen LogP contribution < -0.4 is 4.90 Å². The Hall–Kier alpha value is -3.01. The predicted molar refractivity (Wildman–Crippen MR) is 87.0 cm³/mol. The van der Waals surface area contributed by atoms with Gasteiger partial charge in [0.15, 0.2) is 0 Å². The molecule has 2 N–H and O–H groups in total. The van der Waals surface area contributed by atoms with E-state index in [0.717, 1.165) is 16.3 Å². The van der Waals surface area contributed by atoms with Crippen molar-refractivity contribution in [2.24, 2.45) is 0 Å². The van der Waals surface area contributed by atoms with Crippen molar-refractivity contribution in [2.75, 3.05) is 4.90 Å². The predicted octanol–water partition coefficient (Wildman–Crippen LogP) is 4.67. The average Bonchev–Trinajstić information content (AvgIpc) is 2.49. The number of fused-ring (bicyclic) bond motifs is 1. The molecule has 0 heterocycles. The summed E-state index contributed by atoms with van der Waals surface area (Å²) in [5.74, 6) is 0.189. The molecule has 1 amide bonds. The molecular weight excluding hydrogens is 278 g/mol. The van der Waals surface area contributed by atoms with Gasteiger partial charge in [-0.1, -0.05) is 29.8 Å². The van der Waals surface area contributed by atoms with Crippen molar-refractivity contribution in [1.29, 1.82) is 0 Å². The van der Waals surface area contributed by atoms with Gasteiger partial charge < -0.3 is 10.2 Å². The lowest BCUT2D eigenvalue weighted by Gasteiger charge is -2.20. The minimum absolute atomic E-state index is 0.189. The van der Waals surface area contributed by atoms with Gasteiger partial charge in [-0.05, 0) is 54.1 Å². The van der Waals surface area contributed by atoms with Crippen LogP contribution in [0.25, 0.3) is 10.8 Å². The van der Waals surface area contributed by atoms with Crippen LogP contribution in [-0.2, 0) is 0 Å². The molecule has 0 atom stereocenters. The van der Waals surface area contributed by atoms with Crippen LogP contribution in [-0.4, -0.2) is 16.3 Å². The van der Waals surface area contributed by atoms with E-state index < -0.39 is 6.09 Å². The summed E-state index contributed by atoms with van der Waals surface area (Å²) in [4.78, 5) is 12.9. The fourth-order valence-electron chi connectivity index (χ4n) is 2.42. The fourth-order valence-corrected chi connectivity index (χ4v) is 2.42. The van der Waals surface area contributed by atoms with Crippen LogP contribution in [0.1, 0.15) is 5.56 Å². The minimum Gasteiger partial charge on any atom is -0.508 e. The van der Waals surface area contributed by atoms with Crippen LogP contribution in [0.4, 0.5) is 16.2 Å². The van der Waals surface area contributed by atoms with Gasteiger partial charge in [-0.2, -0.15) is 0 Å². The lowest BCUT2D eigenvalue weighted by atomic mass is 10.1. The molecule has 0 saturated carbocycles. The first kappa shape index (κ1) is 13.9. The third-order valence-corrected chi connectivity index (χ3v) is 3.55. The van der Waals surface area contributed by atoms with Crippen molar-refractivity contribution in [3.8, 4) is 5.75 Å². The quantitative estimate of drug-likeness (QED) is 0.721. The highest BCUT2D eigenvalue weighted by Crippen LogP contribution is 2.30. The maximum atomic E-state index is 11.7. The Morgan fingerprint density at radius 2 is 1.45 bits per heavy atom. The number of aryl methyl sites for hydroxylation is 1. The molecule has 22 heavy (non-hydrogen) atoms. The van der Waals surface area contributed by atoms with E-state index in [1.807, 2.05) is 19.1 Å². The standard InChI is InChI=1S/C18H15NO3/c1-12-2-6-15(7-3-12)19(18(21)22)16-8-4-14-11-17(20)9-5-13(14)10-16/h2-11,20H,1H3,(H,21,22). The summed E-state index contributed by atoms with van der Waals surface area (Å²) in [5, 5.41) is 20.8. The summed E-state index contributed by atoms with van der Waals surface area (Å²) < 4.78 is 0. The molecule has 110 valence electrons. The highest BCUT2D eigenvalue weighted by molar-refractivity contribution is 5.98. The number of nitrogens with zero attached hydrogens (tertiary/aromatic N) is 1. The van der Waals surface area contributed by atoms with E-state index >= 15 is 0 Å². The molecular formula is C18H15NO3. The van der Waals surface area contributed by atoms with Gasteiger partial charge in [-0.15, -0.1) is 0 Å². The number of aromatic hydroxyl groups is 1. The molecule has 0 bridgehead atoms. The average molecular weight is 293 g/mol. The molecule has 0 saturated heterocycles. The lowest BCUT2D eigenvalue weighted by molar-refractivity contribution is 0.205. The van der Waals surface area contributed by atoms with E-state index in [0.29, 0.717) is 11.4 Å². The first-order chi connectivity index (χ1) is 10.5. The summed E-state index contributed by atoms with van der Waals surface area (Å²) in [5.41, 5.74) is 2.23. The number of hydrogen-bond acceptors (Lipinski definition) is 2. The van der Waals surface area contributed by atoms with Crippen molar-refractivity contribution in [2.45, 2.75) is 6.92 Å². The third-order valence-electron chi connectivity index (χ3n) is 3.55. The number of benzene rings is 3. The fraction of sp³-hybridized carbons (Fsp3) is 0.0556. The second kappa shape index (κ2) is 5.41. The van der Waals surface area contributed by atoms with Gasteiger partial charge in [-0.25, -0.2) is 9.69 Å². The van der Waals surface area contributed by atoms with Crippen LogP contribution in [0.2, 0.25) is 0 Å². The zero-order valence-corrected chi connectivity index (χ0v) is 12.0. The van der Waals surface area contributed by atoms with Crippen LogP contribution >= 0.6 is 0 Å². The lowest BCUT2D eigenvalue weighted by Crippen LogP contribution is -2.23. The van der Waals surface area contributed by atoms with Gasteiger partial charge in [-0.3, -0.25) is 0 Å². The van der Waals surface area contributed by atoms with Crippen LogP contribution in [0.5, 0.6) is 5.75 Å². The largest absolute Gasteiger partial charge is 0.508 e. The van der Waals surface area contributed by atoms with E-state index in [-0.39, 0.29) is 5.75 Å². The Kier molecular flexibility index (Phi) is 3.43. The van der Waals surface area contributed by atoms with Crippen molar-refractivity contribution in [3.05, 3.63) is 66.2 Å². The summed E-state index contributed by atoms with van der Waals surface area (Å²) in [6.07, 6.45) is -1.04. The molecule has 4 heteroatoms. The zero-order valence-electron chi connectivity index (χ0n) is 12.0. The molecule has 3 aromatic rings.